The summed E-state index contributed by atoms with van der Waals surface area (Å²) in [5, 5.41) is 11.2. The van der Waals surface area contributed by atoms with E-state index in [1.807, 2.05) is 18.2 Å². The average molecular weight is 284 g/mol. The van der Waals surface area contributed by atoms with E-state index in [1.165, 1.54) is 25.5 Å². The number of nitro benzene ring substituents is 1. The lowest BCUT2D eigenvalue weighted by atomic mass is 10.1. The van der Waals surface area contributed by atoms with Crippen molar-refractivity contribution in [1.82, 2.24) is 0 Å². The van der Waals surface area contributed by atoms with Gasteiger partial charge in [0, 0.05) is 6.21 Å². The molecule has 2 aromatic carbocycles. The number of nitro groups is 1. The topological polar surface area (TPSA) is 81.8 Å². The Morgan fingerprint density at radius 2 is 1.90 bits per heavy atom. The van der Waals surface area contributed by atoms with Crippen molar-refractivity contribution in [2.24, 2.45) is 4.99 Å². The molecule has 0 saturated heterocycles. The van der Waals surface area contributed by atoms with Crippen molar-refractivity contribution in [3.8, 4) is 0 Å². The highest BCUT2D eigenvalue weighted by Gasteiger charge is 2.24. The summed E-state index contributed by atoms with van der Waals surface area (Å²) >= 11 is 0. The third-order valence-electron chi connectivity index (χ3n) is 2.76. The fraction of sp³-hybridized carbons (Fsp3) is 0.0667. The lowest BCUT2D eigenvalue weighted by molar-refractivity contribution is -0.385. The van der Waals surface area contributed by atoms with Crippen LogP contribution in [0.4, 0.5) is 11.4 Å². The first kappa shape index (κ1) is 14.4. The van der Waals surface area contributed by atoms with Gasteiger partial charge in [0.2, 0.25) is 0 Å². The number of nitrogens with zero attached hydrogens (tertiary/aromatic N) is 2. The summed E-state index contributed by atoms with van der Waals surface area (Å²) in [6.07, 6.45) is 1.36. The number of carbonyl (C=O) groups is 1. The Morgan fingerprint density at radius 1 is 1.19 bits per heavy atom. The predicted octanol–water partition coefficient (Wildman–Crippen LogP) is 3.13. The van der Waals surface area contributed by atoms with Crippen LogP contribution in [0.1, 0.15) is 15.9 Å². The Kier molecular flexibility index (Phi) is 4.40. The van der Waals surface area contributed by atoms with Crippen LogP contribution < -0.4 is 0 Å². The molecule has 21 heavy (non-hydrogen) atoms. The van der Waals surface area contributed by atoms with E-state index < -0.39 is 10.9 Å². The molecule has 6 heteroatoms. The number of para-hydroxylation sites is 2. The number of hydrogen-bond acceptors (Lipinski definition) is 5. The zero-order valence-electron chi connectivity index (χ0n) is 11.2. The summed E-state index contributed by atoms with van der Waals surface area (Å²) in [6.45, 7) is 0. The minimum atomic E-state index is -0.753. The van der Waals surface area contributed by atoms with Gasteiger partial charge in [-0.1, -0.05) is 24.3 Å². The molecule has 0 saturated carbocycles. The van der Waals surface area contributed by atoms with Crippen molar-refractivity contribution in [2.45, 2.75) is 0 Å². The van der Waals surface area contributed by atoms with E-state index >= 15 is 0 Å². The minimum absolute atomic E-state index is 0.0977. The molecule has 0 aliphatic heterocycles. The fourth-order valence-corrected chi connectivity index (χ4v) is 1.80. The number of esters is 1. The second-order valence-electron chi connectivity index (χ2n) is 4.09. The summed E-state index contributed by atoms with van der Waals surface area (Å²) in [4.78, 5) is 26.4. The second kappa shape index (κ2) is 6.42. The van der Waals surface area contributed by atoms with Crippen LogP contribution in [-0.2, 0) is 4.74 Å². The molecular weight excluding hydrogens is 272 g/mol. The van der Waals surface area contributed by atoms with Crippen LogP contribution in [-0.4, -0.2) is 24.2 Å². The Morgan fingerprint density at radius 3 is 2.52 bits per heavy atom. The SMILES string of the molecule is COC(=O)c1cccc(/C=N/c2ccccc2)c1[N+](=O)[O-]. The number of benzene rings is 2. The van der Waals surface area contributed by atoms with E-state index in [1.54, 1.807) is 18.2 Å². The monoisotopic (exact) mass is 284 g/mol. The number of carbonyl (C=O) groups excluding carboxylic acids is 1. The van der Waals surface area contributed by atoms with Crippen molar-refractivity contribution in [3.05, 3.63) is 69.8 Å². The zero-order chi connectivity index (χ0) is 15.2. The van der Waals surface area contributed by atoms with Gasteiger partial charge in [-0.25, -0.2) is 4.79 Å². The smallest absolute Gasteiger partial charge is 0.344 e. The molecule has 0 fully saturated rings. The molecule has 0 N–H and O–H groups in total. The van der Waals surface area contributed by atoms with E-state index in [-0.39, 0.29) is 16.8 Å². The van der Waals surface area contributed by atoms with Crippen molar-refractivity contribution in [3.63, 3.8) is 0 Å². The molecule has 2 rings (SSSR count). The number of ether oxygens (including phenoxy) is 1. The number of hydrogen-bond donors (Lipinski definition) is 0. The van der Waals surface area contributed by atoms with Crippen LogP contribution in [0, 0.1) is 10.1 Å². The summed E-state index contributed by atoms with van der Waals surface area (Å²) in [5.41, 5.74) is 0.491. The van der Waals surface area contributed by atoms with E-state index in [2.05, 4.69) is 9.73 Å². The largest absolute Gasteiger partial charge is 0.465 e. The molecule has 0 bridgehead atoms. The van der Waals surface area contributed by atoms with Gasteiger partial charge in [0.25, 0.3) is 5.69 Å². The van der Waals surface area contributed by atoms with Crippen LogP contribution in [0.25, 0.3) is 0 Å². The van der Waals surface area contributed by atoms with Crippen LogP contribution in [0.2, 0.25) is 0 Å². The Hall–Kier alpha value is -3.02. The standard InChI is InChI=1S/C15H12N2O4/c1-21-15(18)13-9-5-6-11(14(13)17(19)20)10-16-12-7-3-2-4-8-12/h2-10H,1H3/b16-10+. The van der Waals surface area contributed by atoms with Crippen molar-refractivity contribution >= 4 is 23.6 Å². The molecule has 0 spiro atoms. The van der Waals surface area contributed by atoms with E-state index in [0.717, 1.165) is 0 Å². The van der Waals surface area contributed by atoms with Gasteiger partial charge in [-0.3, -0.25) is 15.1 Å². The maximum absolute atomic E-state index is 11.6. The maximum Gasteiger partial charge on any atom is 0.344 e. The summed E-state index contributed by atoms with van der Waals surface area (Å²) < 4.78 is 4.56. The molecule has 0 atom stereocenters. The summed E-state index contributed by atoms with van der Waals surface area (Å²) in [5.74, 6) is -0.753. The fourth-order valence-electron chi connectivity index (χ4n) is 1.80. The van der Waals surface area contributed by atoms with Gasteiger partial charge in [0.05, 0.1) is 23.3 Å². The molecule has 6 nitrogen and oxygen atoms in total. The molecule has 0 unspecified atom stereocenters. The van der Waals surface area contributed by atoms with Crippen LogP contribution in [0.15, 0.2) is 53.5 Å². The van der Waals surface area contributed by atoms with Gasteiger partial charge in [-0.15, -0.1) is 0 Å². The van der Waals surface area contributed by atoms with E-state index in [9.17, 15) is 14.9 Å². The van der Waals surface area contributed by atoms with Crippen molar-refractivity contribution in [1.29, 1.82) is 0 Å². The summed E-state index contributed by atoms with van der Waals surface area (Å²) in [6, 6.07) is 13.4. The van der Waals surface area contributed by atoms with Crippen LogP contribution >= 0.6 is 0 Å². The van der Waals surface area contributed by atoms with Gasteiger partial charge >= 0.3 is 5.97 Å². The molecule has 0 amide bonds. The summed E-state index contributed by atoms with van der Waals surface area (Å²) in [7, 11) is 1.18. The van der Waals surface area contributed by atoms with Gasteiger partial charge in [0.1, 0.15) is 5.56 Å². The molecule has 106 valence electrons. The highest BCUT2D eigenvalue weighted by molar-refractivity contribution is 5.99. The predicted molar refractivity (Wildman–Crippen MR) is 78.1 cm³/mol. The first-order valence-electron chi connectivity index (χ1n) is 6.08. The third-order valence-corrected chi connectivity index (χ3v) is 2.76. The number of rotatable bonds is 4. The van der Waals surface area contributed by atoms with Crippen LogP contribution in [0.3, 0.4) is 0 Å². The molecular formula is C15H12N2O4. The highest BCUT2D eigenvalue weighted by atomic mass is 16.6. The normalized spacial score (nSPS) is 10.5. The second-order valence-corrected chi connectivity index (χ2v) is 4.09. The Balaban J connectivity index is 2.46. The average Bonchev–Trinajstić information content (AvgIpc) is 2.52. The first-order valence-corrected chi connectivity index (χ1v) is 6.08. The van der Waals surface area contributed by atoms with E-state index in [0.29, 0.717) is 5.69 Å². The lowest BCUT2D eigenvalue weighted by Gasteiger charge is -2.03. The number of aliphatic imine (C=N–C) groups is 1. The van der Waals surface area contributed by atoms with Gasteiger partial charge in [-0.2, -0.15) is 0 Å². The minimum Gasteiger partial charge on any atom is -0.465 e. The maximum atomic E-state index is 11.6. The van der Waals surface area contributed by atoms with Crippen LogP contribution in [0.5, 0.6) is 0 Å². The van der Waals surface area contributed by atoms with Crippen molar-refractivity contribution in [2.75, 3.05) is 7.11 Å². The highest BCUT2D eigenvalue weighted by Crippen LogP contribution is 2.24. The molecule has 0 heterocycles. The molecule has 0 aliphatic rings. The first-order chi connectivity index (χ1) is 10.1. The van der Waals surface area contributed by atoms with Crippen molar-refractivity contribution < 1.29 is 14.5 Å². The quantitative estimate of drug-likeness (QED) is 0.374. The van der Waals surface area contributed by atoms with Gasteiger partial charge in [0.15, 0.2) is 0 Å². The Labute approximate surface area is 120 Å². The third kappa shape index (κ3) is 3.30. The number of methoxy groups -OCH3 is 1. The van der Waals surface area contributed by atoms with Gasteiger partial charge in [-0.05, 0) is 24.3 Å². The van der Waals surface area contributed by atoms with Gasteiger partial charge < -0.3 is 4.74 Å². The molecule has 2 aromatic rings. The molecule has 0 aliphatic carbocycles. The van der Waals surface area contributed by atoms with E-state index in [4.69, 9.17) is 0 Å². The molecule has 0 aromatic heterocycles. The lowest BCUT2D eigenvalue weighted by Crippen LogP contribution is -2.07. The zero-order valence-corrected chi connectivity index (χ0v) is 11.2. The molecule has 0 radical (unpaired) electrons. The Bertz CT molecular complexity index is 696.